The van der Waals surface area contributed by atoms with Gasteiger partial charge in [0.1, 0.15) is 5.78 Å². The summed E-state index contributed by atoms with van der Waals surface area (Å²) in [6, 6.07) is 0. The van der Waals surface area contributed by atoms with Crippen molar-refractivity contribution in [1.29, 1.82) is 0 Å². The zero-order valence-corrected chi connectivity index (χ0v) is 10.7. The molecule has 2 bridgehead atoms. The number of hydrogen-bond donors (Lipinski definition) is 0. The predicted octanol–water partition coefficient (Wildman–Crippen LogP) is 2.69. The van der Waals surface area contributed by atoms with E-state index in [0.29, 0.717) is 17.6 Å². The molecule has 2 rings (SSSR count). The van der Waals surface area contributed by atoms with Gasteiger partial charge in [-0.05, 0) is 44.1 Å². The highest BCUT2D eigenvalue weighted by Gasteiger charge is 2.53. The molecule has 2 saturated carbocycles. The molecular formula is C11H18OS2. The maximum Gasteiger partial charge on any atom is 0.133 e. The van der Waals surface area contributed by atoms with Crippen molar-refractivity contribution in [2.75, 3.05) is 12.5 Å². The number of rotatable bonds is 3. The fourth-order valence-corrected chi connectivity index (χ4v) is 6.24. The molecule has 0 spiro atoms. The number of carbonyl (C=O) groups excluding carboxylic acids is 1. The van der Waals surface area contributed by atoms with Crippen molar-refractivity contribution in [2.24, 2.45) is 17.8 Å². The Hall–Kier alpha value is 0.370. The summed E-state index contributed by atoms with van der Waals surface area (Å²) in [5, 5.41) is 1.54. The van der Waals surface area contributed by atoms with Crippen LogP contribution in [0.15, 0.2) is 0 Å². The molecule has 1 nitrogen and oxygen atoms in total. The third-order valence-corrected chi connectivity index (χ3v) is 6.51. The molecule has 0 saturated heterocycles. The second-order valence-electron chi connectivity index (χ2n) is 4.51. The van der Waals surface area contributed by atoms with Gasteiger partial charge >= 0.3 is 0 Å². The van der Waals surface area contributed by atoms with Gasteiger partial charge in [-0.25, -0.2) is 0 Å². The van der Waals surface area contributed by atoms with Crippen LogP contribution >= 0.6 is 23.5 Å². The van der Waals surface area contributed by atoms with E-state index in [0.717, 1.165) is 16.4 Å². The Morgan fingerprint density at radius 3 is 2.29 bits per heavy atom. The van der Waals surface area contributed by atoms with Gasteiger partial charge in [0.05, 0.1) is 0 Å². The molecule has 0 heterocycles. The van der Waals surface area contributed by atoms with Gasteiger partial charge in [-0.1, -0.05) is 0 Å². The molecule has 80 valence electrons. The van der Waals surface area contributed by atoms with Crippen LogP contribution in [-0.4, -0.2) is 28.8 Å². The highest BCUT2D eigenvalue weighted by molar-refractivity contribution is 8.03. The first-order chi connectivity index (χ1) is 6.69. The number of thioether (sulfide) groups is 2. The minimum absolute atomic E-state index is 0.390. The molecule has 0 aromatic carbocycles. The van der Waals surface area contributed by atoms with Gasteiger partial charge in [-0.3, -0.25) is 4.79 Å². The van der Waals surface area contributed by atoms with Gasteiger partial charge in [0.2, 0.25) is 0 Å². The van der Waals surface area contributed by atoms with Crippen LogP contribution in [0.4, 0.5) is 0 Å². The fourth-order valence-electron chi connectivity index (χ4n) is 3.36. The Kier molecular flexibility index (Phi) is 3.18. The largest absolute Gasteiger partial charge is 0.300 e. The number of carbonyl (C=O) groups is 1. The van der Waals surface area contributed by atoms with E-state index in [9.17, 15) is 4.79 Å². The highest BCUT2D eigenvalue weighted by atomic mass is 32.2. The topological polar surface area (TPSA) is 17.1 Å². The Morgan fingerprint density at radius 2 is 1.79 bits per heavy atom. The smallest absolute Gasteiger partial charge is 0.133 e. The third-order valence-electron chi connectivity index (χ3n) is 3.93. The summed E-state index contributed by atoms with van der Waals surface area (Å²) in [6.07, 6.45) is 6.90. The number of fused-ring (bicyclic) bond motifs is 2. The molecule has 0 aromatic rings. The molecule has 0 aromatic heterocycles. The SMILES string of the molecule is CS[C@@H]1[C@H]2CC(C(C)=O)[C@H](C2)[C@@H]1SC. The van der Waals surface area contributed by atoms with Crippen molar-refractivity contribution < 1.29 is 4.79 Å². The summed E-state index contributed by atoms with van der Waals surface area (Å²) in [5.41, 5.74) is 0. The average molecular weight is 230 g/mol. The van der Waals surface area contributed by atoms with Crippen LogP contribution in [0, 0.1) is 17.8 Å². The predicted molar refractivity (Wildman–Crippen MR) is 65.0 cm³/mol. The molecule has 0 N–H and O–H groups in total. The van der Waals surface area contributed by atoms with E-state index < -0.39 is 0 Å². The number of ketones is 1. The molecule has 0 amide bonds. The molecule has 0 radical (unpaired) electrons. The molecule has 2 aliphatic carbocycles. The average Bonchev–Trinajstić information content (AvgIpc) is 2.72. The lowest BCUT2D eigenvalue weighted by molar-refractivity contribution is -0.122. The van der Waals surface area contributed by atoms with Gasteiger partial charge < -0.3 is 0 Å². The van der Waals surface area contributed by atoms with Crippen LogP contribution in [0.2, 0.25) is 0 Å². The van der Waals surface area contributed by atoms with Gasteiger partial charge in [0.25, 0.3) is 0 Å². The lowest BCUT2D eigenvalue weighted by atomic mass is 9.85. The zero-order chi connectivity index (χ0) is 10.3. The van der Waals surface area contributed by atoms with Crippen LogP contribution in [-0.2, 0) is 4.79 Å². The maximum absolute atomic E-state index is 11.5. The van der Waals surface area contributed by atoms with Crippen molar-refractivity contribution in [3.63, 3.8) is 0 Å². The van der Waals surface area contributed by atoms with E-state index >= 15 is 0 Å². The minimum atomic E-state index is 0.390. The van der Waals surface area contributed by atoms with Gasteiger partial charge in [0.15, 0.2) is 0 Å². The van der Waals surface area contributed by atoms with Crippen LogP contribution in [0.5, 0.6) is 0 Å². The van der Waals surface area contributed by atoms with Gasteiger partial charge in [0, 0.05) is 16.4 Å². The number of hydrogen-bond acceptors (Lipinski definition) is 3. The molecule has 0 aliphatic heterocycles. The normalized spacial score (nSPS) is 45.8. The van der Waals surface area contributed by atoms with E-state index in [-0.39, 0.29) is 0 Å². The minimum Gasteiger partial charge on any atom is -0.300 e. The van der Waals surface area contributed by atoms with Gasteiger partial charge in [-0.2, -0.15) is 23.5 Å². The molecule has 3 heteroatoms. The van der Waals surface area contributed by atoms with E-state index in [1.807, 2.05) is 23.5 Å². The first kappa shape index (κ1) is 10.9. The highest BCUT2D eigenvalue weighted by Crippen LogP contribution is 2.55. The van der Waals surface area contributed by atoms with Crippen molar-refractivity contribution in [3.05, 3.63) is 0 Å². The van der Waals surface area contributed by atoms with E-state index in [4.69, 9.17) is 0 Å². The Morgan fingerprint density at radius 1 is 1.14 bits per heavy atom. The van der Waals surface area contributed by atoms with Crippen LogP contribution in [0.25, 0.3) is 0 Å². The van der Waals surface area contributed by atoms with Gasteiger partial charge in [-0.15, -0.1) is 0 Å². The quantitative estimate of drug-likeness (QED) is 0.742. The molecular weight excluding hydrogens is 212 g/mol. The summed E-state index contributed by atoms with van der Waals surface area (Å²) in [7, 11) is 0. The molecule has 1 unspecified atom stereocenters. The van der Waals surface area contributed by atoms with Crippen LogP contribution in [0.1, 0.15) is 19.8 Å². The lowest BCUT2D eigenvalue weighted by Gasteiger charge is -2.32. The second-order valence-corrected chi connectivity index (χ2v) is 6.54. The summed E-state index contributed by atoms with van der Waals surface area (Å²) in [6.45, 7) is 1.77. The lowest BCUT2D eigenvalue weighted by Crippen LogP contribution is -2.35. The van der Waals surface area contributed by atoms with Crippen molar-refractivity contribution in [2.45, 2.75) is 30.3 Å². The summed E-state index contributed by atoms with van der Waals surface area (Å²) in [5.74, 6) is 2.32. The van der Waals surface area contributed by atoms with Crippen molar-refractivity contribution in [3.8, 4) is 0 Å². The molecule has 2 fully saturated rings. The van der Waals surface area contributed by atoms with Crippen LogP contribution < -0.4 is 0 Å². The summed E-state index contributed by atoms with van der Waals surface area (Å²) in [4.78, 5) is 11.5. The van der Waals surface area contributed by atoms with E-state index in [2.05, 4.69) is 12.5 Å². The van der Waals surface area contributed by atoms with E-state index in [1.165, 1.54) is 12.8 Å². The second kappa shape index (κ2) is 4.09. The summed E-state index contributed by atoms with van der Waals surface area (Å²) < 4.78 is 0. The number of Topliss-reactive ketones (excluding diaryl/α,β-unsaturated/α-hetero) is 1. The Balaban J connectivity index is 2.14. The fraction of sp³-hybridized carbons (Fsp3) is 0.909. The Labute approximate surface area is 94.8 Å². The third kappa shape index (κ3) is 1.53. The zero-order valence-electron chi connectivity index (χ0n) is 9.03. The monoisotopic (exact) mass is 230 g/mol. The first-order valence-corrected chi connectivity index (χ1v) is 7.82. The van der Waals surface area contributed by atoms with E-state index in [1.54, 1.807) is 6.92 Å². The van der Waals surface area contributed by atoms with Crippen molar-refractivity contribution >= 4 is 29.3 Å². The molecule has 2 aliphatic rings. The van der Waals surface area contributed by atoms with Crippen molar-refractivity contribution in [1.82, 2.24) is 0 Å². The molecule has 5 atom stereocenters. The van der Waals surface area contributed by atoms with Crippen LogP contribution in [0.3, 0.4) is 0 Å². The first-order valence-electron chi connectivity index (χ1n) is 5.25. The Bertz CT molecular complexity index is 241. The summed E-state index contributed by atoms with van der Waals surface area (Å²) >= 11 is 3.99. The standard InChI is InChI=1S/C11H18OS2/c1-6(12)8-4-7-5-9(8)11(14-3)10(7)13-2/h7-11H,4-5H2,1-3H3/t7-,8?,9-,10+,11-/m0/s1. The maximum atomic E-state index is 11.5. The molecule has 14 heavy (non-hydrogen) atoms.